The first-order valence-corrected chi connectivity index (χ1v) is 44.2. The first-order valence-electron chi connectivity index (χ1n) is 44.2. The van der Waals surface area contributed by atoms with Gasteiger partial charge in [0, 0.05) is 71.3 Å². The lowest BCUT2D eigenvalue weighted by atomic mass is 9.89. The molecule has 0 aliphatic heterocycles. The van der Waals surface area contributed by atoms with Crippen molar-refractivity contribution in [1.82, 2.24) is 24.1 Å². The molecule has 24 rings (SSSR count). The molecule has 0 saturated carbocycles. The summed E-state index contributed by atoms with van der Waals surface area (Å²) < 4.78 is 12.0. The summed E-state index contributed by atoms with van der Waals surface area (Å²) in [7, 11) is 0. The van der Waals surface area contributed by atoms with E-state index in [9.17, 15) is 0 Å². The van der Waals surface area contributed by atoms with Gasteiger partial charge in [-0.2, -0.15) is 0 Å². The van der Waals surface area contributed by atoms with Gasteiger partial charge in [0.1, 0.15) is 11.2 Å². The van der Waals surface area contributed by atoms with Crippen molar-refractivity contribution in [3.63, 3.8) is 0 Å². The number of hydrogen-bond acceptors (Lipinski definition) is 4. The highest BCUT2D eigenvalue weighted by molar-refractivity contribution is 6.14. The van der Waals surface area contributed by atoms with E-state index in [0.29, 0.717) is 17.5 Å². The number of rotatable bonds is 17. The van der Waals surface area contributed by atoms with Gasteiger partial charge in [-0.1, -0.05) is 346 Å². The van der Waals surface area contributed by atoms with E-state index in [4.69, 9.17) is 19.4 Å². The number of fused-ring (bicyclic) bond motifs is 9. The molecule has 4 heterocycles. The molecule has 0 N–H and O–H groups in total. The Labute approximate surface area is 748 Å². The Kier molecular flexibility index (Phi) is 19.0. The van der Waals surface area contributed by atoms with E-state index in [1.54, 1.807) is 0 Å². The molecule has 0 fully saturated rings. The maximum absolute atomic E-state index is 7.05. The van der Waals surface area contributed by atoms with Crippen molar-refractivity contribution in [3.8, 4) is 162 Å². The molecule has 0 bridgehead atoms. The van der Waals surface area contributed by atoms with Crippen LogP contribution in [0.4, 0.5) is 0 Å². The van der Waals surface area contributed by atoms with Crippen molar-refractivity contribution < 1.29 is 4.42 Å². The second kappa shape index (κ2) is 32.3. The Hall–Kier alpha value is -16.9. The molecule has 4 aromatic heterocycles. The lowest BCUT2D eigenvalue weighted by molar-refractivity contribution is 0.649. The van der Waals surface area contributed by atoms with E-state index in [-0.39, 0.29) is 6.04 Å². The summed E-state index contributed by atoms with van der Waals surface area (Å²) in [5.74, 6) is 1.86. The molecule has 6 nitrogen and oxygen atoms in total. The van der Waals surface area contributed by atoms with Crippen LogP contribution in [0.15, 0.2) is 478 Å². The zero-order chi connectivity index (χ0) is 85.2. The highest BCUT2D eigenvalue weighted by Crippen LogP contribution is 2.47. The molecule has 1 atom stereocenters. The molecule has 23 aromatic rings. The van der Waals surface area contributed by atoms with Crippen LogP contribution in [-0.4, -0.2) is 24.1 Å². The molecule has 0 spiro atoms. The first kappa shape index (κ1) is 75.8. The Morgan fingerprint density at radius 3 is 1.04 bits per heavy atom. The number of hydrogen-bond donors (Lipinski definition) is 0. The average Bonchev–Trinajstić information content (AvgIpc) is 1.60. The zero-order valence-corrected chi connectivity index (χ0v) is 70.5. The number of furan rings is 1. The van der Waals surface area contributed by atoms with Crippen molar-refractivity contribution in [1.29, 1.82) is 0 Å². The van der Waals surface area contributed by atoms with Gasteiger partial charge in [0.2, 0.25) is 0 Å². The normalized spacial score (nSPS) is 12.7. The number of nitrogens with zero attached hydrogens (tertiary/aromatic N) is 5. The summed E-state index contributed by atoms with van der Waals surface area (Å²) in [6.45, 7) is 0. The maximum Gasteiger partial charge on any atom is 0.164 e. The fraction of sp³-hybridized carbons (Fsp3) is 0.0163. The van der Waals surface area contributed by atoms with Crippen LogP contribution in [-0.2, 0) is 0 Å². The summed E-state index contributed by atoms with van der Waals surface area (Å²) in [6, 6.07) is 165. The standard InChI is InChI=1S/C123H81N5O/c1-5-26-80(27-6-1)86-34-19-36-88(66-86)90-38-22-42-94(69-90)98-58-64-117-112(76-98)108-48-13-16-51-115(108)127(117)106-60-54-82(55-61-106)102-73-103(83-56-62-107(63-57-83)128-116-52-17-14-49-109(116)113-77-99(59-65-118(113)128)95-43-23-39-91(70-95)89-37-20-35-87(67-89)81-28-7-2-8-29-81)75-104(74-102)105-78-111(120-114(79-105)110-50-15-18-53-119(110)129-120)100-46-24-44-96(71-100)92-40-21-41-93(68-92)97-45-25-47-101(72-97)123-125-121(84-30-9-3-10-31-84)124-122(126-123)85-32-11-4-12-33-85/h1-62,64-79,107H,63H2. The predicted molar refractivity (Wildman–Crippen MR) is 538 cm³/mol. The van der Waals surface area contributed by atoms with Gasteiger partial charge in [-0.15, -0.1) is 0 Å². The highest BCUT2D eigenvalue weighted by atomic mass is 16.3. The minimum Gasteiger partial charge on any atom is -0.455 e. The lowest BCUT2D eigenvalue weighted by Gasteiger charge is -2.21. The van der Waals surface area contributed by atoms with Gasteiger partial charge >= 0.3 is 0 Å². The van der Waals surface area contributed by atoms with Crippen molar-refractivity contribution >= 4 is 71.1 Å². The third-order valence-corrected chi connectivity index (χ3v) is 25.8. The smallest absolute Gasteiger partial charge is 0.164 e. The Morgan fingerprint density at radius 2 is 0.535 bits per heavy atom. The first-order chi connectivity index (χ1) is 63.9. The summed E-state index contributed by atoms with van der Waals surface area (Å²) >= 11 is 0. The second-order valence-electron chi connectivity index (χ2n) is 33.7. The predicted octanol–water partition coefficient (Wildman–Crippen LogP) is 32.9. The van der Waals surface area contributed by atoms with Crippen LogP contribution in [0.25, 0.3) is 233 Å². The van der Waals surface area contributed by atoms with Gasteiger partial charge in [-0.25, -0.2) is 15.0 Å². The molecular weight excluding hydrogens is 1560 g/mol. The molecule has 0 radical (unpaired) electrons. The molecule has 0 saturated heterocycles. The number of aromatic nitrogens is 5. The molecule has 1 unspecified atom stereocenters. The SMILES string of the molecule is C1=CC(n2c3ccccc3c3cc(-c4cccc(-c5cccc(-c6ccccc6)c5)c4)ccc32)CC=C1c1cc(-c2ccc(-n3c4ccccc4c4cc(-c5cccc(-c6cccc(-c7ccccc7)c6)c5)ccc43)cc2)cc(-c2cc(-c3cccc(-c4cccc(-c5cccc(-c6nc(-c7ccccc7)nc(-c7ccccc7)n6)c5)c4)c3)c3oc4ccccc4c3c2)c1. The van der Waals surface area contributed by atoms with Crippen molar-refractivity contribution in [2.45, 2.75) is 12.5 Å². The number of benzene rings is 19. The summed E-state index contributed by atoms with van der Waals surface area (Å²) in [5.41, 5.74) is 37.7. The molecule has 19 aromatic carbocycles. The van der Waals surface area contributed by atoms with Crippen LogP contribution in [0.1, 0.15) is 18.0 Å². The summed E-state index contributed by atoms with van der Waals surface area (Å²) in [5, 5.41) is 7.02. The molecule has 1 aliphatic rings. The molecule has 6 heteroatoms. The van der Waals surface area contributed by atoms with Crippen LogP contribution >= 0.6 is 0 Å². The van der Waals surface area contributed by atoms with E-state index in [1.165, 1.54) is 105 Å². The molecule has 1 aliphatic carbocycles. The van der Waals surface area contributed by atoms with Gasteiger partial charge in [-0.3, -0.25) is 0 Å². The number of para-hydroxylation sites is 3. The van der Waals surface area contributed by atoms with Crippen LogP contribution in [0.5, 0.6) is 0 Å². The highest BCUT2D eigenvalue weighted by Gasteiger charge is 2.24. The van der Waals surface area contributed by atoms with Crippen molar-refractivity contribution in [2.24, 2.45) is 0 Å². The van der Waals surface area contributed by atoms with E-state index >= 15 is 0 Å². The van der Waals surface area contributed by atoms with Crippen LogP contribution in [0.2, 0.25) is 0 Å². The van der Waals surface area contributed by atoms with Gasteiger partial charge in [0.05, 0.1) is 17.1 Å². The lowest BCUT2D eigenvalue weighted by Crippen LogP contribution is -2.08. The van der Waals surface area contributed by atoms with Crippen molar-refractivity contribution in [3.05, 3.63) is 479 Å². The fourth-order valence-corrected chi connectivity index (χ4v) is 19.4. The van der Waals surface area contributed by atoms with Gasteiger partial charge in [0.15, 0.2) is 17.5 Å². The Balaban J connectivity index is 0.595. The largest absolute Gasteiger partial charge is 0.455 e. The van der Waals surface area contributed by atoms with E-state index < -0.39 is 0 Å². The third kappa shape index (κ3) is 14.3. The summed E-state index contributed by atoms with van der Waals surface area (Å²) in [6.07, 6.45) is 8.07. The van der Waals surface area contributed by atoms with Gasteiger partial charge in [0.25, 0.3) is 0 Å². The minimum atomic E-state index is 0.0599. The maximum atomic E-state index is 7.05. The minimum absolute atomic E-state index is 0.0599. The summed E-state index contributed by atoms with van der Waals surface area (Å²) in [4.78, 5) is 15.2. The van der Waals surface area contributed by atoms with Crippen LogP contribution in [0, 0.1) is 0 Å². The van der Waals surface area contributed by atoms with Crippen molar-refractivity contribution in [2.75, 3.05) is 0 Å². The van der Waals surface area contributed by atoms with E-state index in [1.807, 2.05) is 60.7 Å². The monoisotopic (exact) mass is 1640 g/mol. The molecule has 129 heavy (non-hydrogen) atoms. The average molecular weight is 1650 g/mol. The second-order valence-corrected chi connectivity index (χ2v) is 33.7. The third-order valence-electron chi connectivity index (χ3n) is 25.8. The molecule has 604 valence electrons. The van der Waals surface area contributed by atoms with Crippen LogP contribution < -0.4 is 0 Å². The topological polar surface area (TPSA) is 61.7 Å². The van der Waals surface area contributed by atoms with Gasteiger partial charge < -0.3 is 13.6 Å². The quantitative estimate of drug-likeness (QED) is 0.0911. The molecule has 0 amide bonds. The molecular formula is C123H81N5O. The van der Waals surface area contributed by atoms with Gasteiger partial charge in [-0.05, 0) is 262 Å². The fourth-order valence-electron chi connectivity index (χ4n) is 19.4. The zero-order valence-electron chi connectivity index (χ0n) is 70.5. The van der Waals surface area contributed by atoms with Crippen LogP contribution in [0.3, 0.4) is 0 Å². The Bertz CT molecular complexity index is 8320. The van der Waals surface area contributed by atoms with E-state index in [2.05, 4.69) is 422 Å². The van der Waals surface area contributed by atoms with E-state index in [0.717, 1.165) is 123 Å². The number of allylic oxidation sites excluding steroid dienone is 4. The Morgan fingerprint density at radius 1 is 0.217 bits per heavy atom.